The highest BCUT2D eigenvalue weighted by atomic mass is 32.2. The molecule has 136 valence electrons. The summed E-state index contributed by atoms with van der Waals surface area (Å²) in [7, 11) is -3.28. The molecule has 0 bridgehead atoms. The normalized spacial score (nSPS) is 14.7. The number of nitrogens with zero attached hydrogens (tertiary/aromatic N) is 2. The van der Waals surface area contributed by atoms with E-state index in [1.807, 2.05) is 24.3 Å². The summed E-state index contributed by atoms with van der Waals surface area (Å²) < 4.78 is 24.6. The first-order valence-corrected chi connectivity index (χ1v) is 10.2. The van der Waals surface area contributed by atoms with Crippen molar-refractivity contribution < 1.29 is 13.5 Å². The van der Waals surface area contributed by atoms with Crippen molar-refractivity contribution in [3.63, 3.8) is 0 Å². The lowest BCUT2D eigenvalue weighted by Crippen LogP contribution is -2.00. The molecule has 2 heterocycles. The number of sulfone groups is 1. The molecular formula is C20H17N3O3S. The molecule has 2 N–H and O–H groups in total. The Bertz CT molecular complexity index is 1180. The predicted octanol–water partition coefficient (Wildman–Crippen LogP) is 2.71. The second-order valence-corrected chi connectivity index (χ2v) is 8.54. The number of anilines is 2. The largest absolute Gasteiger partial charge is 0.396 e. The first kappa shape index (κ1) is 17.5. The summed E-state index contributed by atoms with van der Waals surface area (Å²) in [6, 6.07) is 13.0. The van der Waals surface area contributed by atoms with Crippen molar-refractivity contribution in [1.29, 1.82) is 5.26 Å². The molecule has 0 spiro atoms. The molecule has 0 unspecified atom stereocenters. The molecule has 1 aliphatic heterocycles. The summed E-state index contributed by atoms with van der Waals surface area (Å²) in [5.74, 6) is 0.0769. The first-order valence-electron chi connectivity index (χ1n) is 8.58. The van der Waals surface area contributed by atoms with Gasteiger partial charge in [-0.2, -0.15) is 5.26 Å². The fourth-order valence-electron chi connectivity index (χ4n) is 3.46. The number of benzene rings is 2. The van der Waals surface area contributed by atoms with Crippen LogP contribution in [0.1, 0.15) is 16.7 Å². The van der Waals surface area contributed by atoms with Gasteiger partial charge in [-0.25, -0.2) is 8.42 Å². The molecule has 6 nitrogen and oxygen atoms in total. The highest BCUT2D eigenvalue weighted by Crippen LogP contribution is 2.38. The summed E-state index contributed by atoms with van der Waals surface area (Å²) in [5, 5.41) is 22.5. The molecule has 0 fully saturated rings. The van der Waals surface area contributed by atoms with E-state index in [1.165, 1.54) is 6.20 Å². The van der Waals surface area contributed by atoms with Gasteiger partial charge in [-0.15, -0.1) is 0 Å². The number of aromatic nitrogens is 1. The Morgan fingerprint density at radius 3 is 2.67 bits per heavy atom. The van der Waals surface area contributed by atoms with Crippen molar-refractivity contribution in [2.24, 2.45) is 0 Å². The van der Waals surface area contributed by atoms with Gasteiger partial charge in [0.25, 0.3) is 0 Å². The van der Waals surface area contributed by atoms with Gasteiger partial charge in [0.2, 0.25) is 0 Å². The molecule has 0 atom stereocenters. The summed E-state index contributed by atoms with van der Waals surface area (Å²) in [4.78, 5) is 4.66. The van der Waals surface area contributed by atoms with Crippen molar-refractivity contribution in [3.05, 3.63) is 59.3 Å². The molecule has 0 radical (unpaired) electrons. The minimum absolute atomic E-state index is 0.0769. The molecule has 2 aromatic carbocycles. The number of fused-ring (bicyclic) bond motifs is 3. The summed E-state index contributed by atoms with van der Waals surface area (Å²) in [5.41, 5.74) is 4.10. The molecule has 1 aliphatic rings. The summed E-state index contributed by atoms with van der Waals surface area (Å²) >= 11 is 0. The number of pyridine rings is 1. The van der Waals surface area contributed by atoms with Crippen LogP contribution in [0.4, 0.5) is 11.4 Å². The Balaban J connectivity index is 1.88. The predicted molar refractivity (Wildman–Crippen MR) is 103 cm³/mol. The Labute approximate surface area is 157 Å². The number of aryl methyl sites for hydroxylation is 1. The SMILES string of the molecule is N#Cc1cnc2ccc3c(c2c1Nc1ccc(CCO)cc1)CCS3(=O)=O. The van der Waals surface area contributed by atoms with Crippen LogP contribution in [0.25, 0.3) is 10.9 Å². The quantitative estimate of drug-likeness (QED) is 0.722. The molecule has 27 heavy (non-hydrogen) atoms. The monoisotopic (exact) mass is 379 g/mol. The zero-order chi connectivity index (χ0) is 19.0. The smallest absolute Gasteiger partial charge is 0.179 e. The standard InChI is InChI=1S/C20H17N3O3S/c21-11-14-12-22-17-5-6-18-16(8-10-27(18,25)26)19(17)20(14)23-15-3-1-13(2-4-15)7-9-24/h1-6,12,24H,7-10H2,(H,22,23). The lowest BCUT2D eigenvalue weighted by Gasteiger charge is -2.14. The molecule has 0 saturated carbocycles. The third-order valence-electron chi connectivity index (χ3n) is 4.80. The average molecular weight is 379 g/mol. The van der Waals surface area contributed by atoms with Crippen LogP contribution in [0, 0.1) is 11.3 Å². The second kappa shape index (κ2) is 6.65. The Hall–Kier alpha value is -2.95. The van der Waals surface area contributed by atoms with Gasteiger partial charge in [0.1, 0.15) is 6.07 Å². The molecule has 4 rings (SSSR count). The third kappa shape index (κ3) is 3.03. The van der Waals surface area contributed by atoms with Crippen LogP contribution in [0.15, 0.2) is 47.5 Å². The minimum atomic E-state index is -3.28. The molecular weight excluding hydrogens is 362 g/mol. The zero-order valence-electron chi connectivity index (χ0n) is 14.4. The fourth-order valence-corrected chi connectivity index (χ4v) is 5.01. The average Bonchev–Trinajstić information content (AvgIpc) is 2.98. The van der Waals surface area contributed by atoms with E-state index in [-0.39, 0.29) is 12.4 Å². The Kier molecular flexibility index (Phi) is 4.30. The van der Waals surface area contributed by atoms with E-state index in [4.69, 9.17) is 5.11 Å². The molecule has 1 aromatic heterocycles. The maximum absolute atomic E-state index is 12.3. The molecule has 7 heteroatoms. The maximum atomic E-state index is 12.3. The lowest BCUT2D eigenvalue weighted by atomic mass is 10.0. The van der Waals surface area contributed by atoms with Crippen LogP contribution in [-0.4, -0.2) is 30.9 Å². The highest BCUT2D eigenvalue weighted by molar-refractivity contribution is 7.91. The van der Waals surface area contributed by atoms with E-state index < -0.39 is 9.84 Å². The van der Waals surface area contributed by atoms with Crippen molar-refractivity contribution in [2.45, 2.75) is 17.7 Å². The highest BCUT2D eigenvalue weighted by Gasteiger charge is 2.29. The Morgan fingerprint density at radius 2 is 1.96 bits per heavy atom. The van der Waals surface area contributed by atoms with Gasteiger partial charge >= 0.3 is 0 Å². The van der Waals surface area contributed by atoms with E-state index >= 15 is 0 Å². The lowest BCUT2D eigenvalue weighted by molar-refractivity contribution is 0.299. The van der Waals surface area contributed by atoms with Crippen LogP contribution in [0.5, 0.6) is 0 Å². The first-order chi connectivity index (χ1) is 13.0. The summed E-state index contributed by atoms with van der Waals surface area (Å²) in [6.45, 7) is 0.0843. The van der Waals surface area contributed by atoms with Gasteiger partial charge in [-0.1, -0.05) is 12.1 Å². The van der Waals surface area contributed by atoms with E-state index in [0.717, 1.165) is 16.8 Å². The maximum Gasteiger partial charge on any atom is 0.179 e. The van der Waals surface area contributed by atoms with Crippen LogP contribution < -0.4 is 5.32 Å². The number of rotatable bonds is 4. The van der Waals surface area contributed by atoms with Gasteiger partial charge in [-0.3, -0.25) is 4.98 Å². The van der Waals surface area contributed by atoms with Crippen molar-refractivity contribution in [1.82, 2.24) is 4.98 Å². The van der Waals surface area contributed by atoms with Crippen LogP contribution in [-0.2, 0) is 22.7 Å². The summed E-state index contributed by atoms with van der Waals surface area (Å²) in [6.07, 6.45) is 2.49. The van der Waals surface area contributed by atoms with E-state index in [9.17, 15) is 13.7 Å². The number of aliphatic hydroxyl groups is 1. The second-order valence-electron chi connectivity index (χ2n) is 6.46. The van der Waals surface area contributed by atoms with Crippen LogP contribution >= 0.6 is 0 Å². The zero-order valence-corrected chi connectivity index (χ0v) is 15.3. The number of hydrogen-bond acceptors (Lipinski definition) is 6. The van der Waals surface area contributed by atoms with E-state index in [0.29, 0.717) is 39.9 Å². The molecule has 0 aliphatic carbocycles. The van der Waals surface area contributed by atoms with Crippen molar-refractivity contribution in [3.8, 4) is 6.07 Å². The fraction of sp³-hybridized carbons (Fsp3) is 0.200. The van der Waals surface area contributed by atoms with Gasteiger partial charge < -0.3 is 10.4 Å². The Morgan fingerprint density at radius 1 is 1.19 bits per heavy atom. The van der Waals surface area contributed by atoms with Gasteiger partial charge in [-0.05, 0) is 48.2 Å². The van der Waals surface area contributed by atoms with Crippen LogP contribution in [0.2, 0.25) is 0 Å². The van der Waals surface area contributed by atoms with E-state index in [2.05, 4.69) is 16.4 Å². The minimum Gasteiger partial charge on any atom is -0.396 e. The molecule has 0 amide bonds. The van der Waals surface area contributed by atoms with Crippen molar-refractivity contribution >= 4 is 32.1 Å². The van der Waals surface area contributed by atoms with Crippen molar-refractivity contribution in [2.75, 3.05) is 17.7 Å². The van der Waals surface area contributed by atoms with Gasteiger partial charge in [0.15, 0.2) is 9.84 Å². The van der Waals surface area contributed by atoms with Crippen LogP contribution in [0.3, 0.4) is 0 Å². The number of aliphatic hydroxyl groups excluding tert-OH is 1. The third-order valence-corrected chi connectivity index (χ3v) is 6.59. The number of nitrogens with one attached hydrogen (secondary N) is 1. The van der Waals surface area contributed by atoms with E-state index in [1.54, 1.807) is 12.1 Å². The van der Waals surface area contributed by atoms with Gasteiger partial charge in [0, 0.05) is 23.9 Å². The molecule has 0 saturated heterocycles. The van der Waals surface area contributed by atoms with Gasteiger partial charge in [0.05, 0.1) is 27.4 Å². The number of nitriles is 1. The molecule has 3 aromatic rings. The topological polar surface area (TPSA) is 103 Å². The number of hydrogen-bond donors (Lipinski definition) is 2.